The van der Waals surface area contributed by atoms with Crippen molar-refractivity contribution in [3.05, 3.63) is 71.4 Å². The van der Waals surface area contributed by atoms with Crippen LogP contribution in [0.25, 0.3) is 10.9 Å². The maximum atomic E-state index is 12.6. The van der Waals surface area contributed by atoms with E-state index >= 15 is 0 Å². The number of amides is 1. The molecule has 1 heterocycles. The molecule has 0 spiro atoms. The van der Waals surface area contributed by atoms with Crippen LogP contribution in [0.15, 0.2) is 54.7 Å². The van der Waals surface area contributed by atoms with E-state index in [4.69, 9.17) is 5.11 Å². The minimum Gasteiger partial charge on any atom is -0.395 e. The molecule has 1 N–H and O–H groups in total. The van der Waals surface area contributed by atoms with E-state index in [9.17, 15) is 4.79 Å². The summed E-state index contributed by atoms with van der Waals surface area (Å²) in [6.45, 7) is 2.76. The fraction of sp³-hybridized carbons (Fsp3) is 0.375. The van der Waals surface area contributed by atoms with Crippen LogP contribution in [-0.2, 0) is 16.8 Å². The second kappa shape index (κ2) is 7.44. The molecule has 0 aliphatic heterocycles. The number of benzene rings is 2. The number of likely N-dealkylation sites (N-methyl/N-ethyl adjacent to an activating group) is 1. The molecule has 1 aromatic heterocycles. The van der Waals surface area contributed by atoms with Crippen LogP contribution < -0.4 is 0 Å². The standard InChI is InChI=1S/C24H28N2O2/c1-18-8-10-19(11-9-18)24(12-5-13-24)21-16-26(17-23(28)25(2)14-15-27)22-7-4-3-6-20(21)22/h3-4,6-11,16,27H,5,12-15,17H2,1-2H3. The lowest BCUT2D eigenvalue weighted by Crippen LogP contribution is -2.35. The number of hydrogen-bond acceptors (Lipinski definition) is 2. The normalized spacial score (nSPS) is 15.4. The number of carbonyl (C=O) groups excluding carboxylic acids is 1. The first-order chi connectivity index (χ1) is 13.5. The summed E-state index contributed by atoms with van der Waals surface area (Å²) in [5.74, 6) is 0.0133. The average molecular weight is 377 g/mol. The molecule has 0 atom stereocenters. The molecule has 0 radical (unpaired) electrons. The summed E-state index contributed by atoms with van der Waals surface area (Å²) in [6, 6.07) is 17.3. The molecular formula is C24H28N2O2. The molecule has 4 rings (SSSR count). The van der Waals surface area contributed by atoms with Gasteiger partial charge in [-0.2, -0.15) is 0 Å². The maximum Gasteiger partial charge on any atom is 0.242 e. The molecule has 0 bridgehead atoms. The summed E-state index contributed by atoms with van der Waals surface area (Å²) in [7, 11) is 1.74. The van der Waals surface area contributed by atoms with Crippen molar-refractivity contribution < 1.29 is 9.90 Å². The van der Waals surface area contributed by atoms with Crippen LogP contribution in [0.3, 0.4) is 0 Å². The molecule has 1 fully saturated rings. The third-order valence-corrected chi connectivity index (χ3v) is 6.28. The number of rotatable bonds is 6. The highest BCUT2D eigenvalue weighted by molar-refractivity contribution is 5.88. The summed E-state index contributed by atoms with van der Waals surface area (Å²) in [5, 5.41) is 10.4. The Morgan fingerprint density at radius 3 is 2.50 bits per heavy atom. The van der Waals surface area contributed by atoms with Gasteiger partial charge >= 0.3 is 0 Å². The van der Waals surface area contributed by atoms with Gasteiger partial charge in [0, 0.05) is 36.1 Å². The van der Waals surface area contributed by atoms with E-state index in [-0.39, 0.29) is 17.9 Å². The molecule has 3 aromatic rings. The van der Waals surface area contributed by atoms with Gasteiger partial charge < -0.3 is 14.6 Å². The zero-order chi connectivity index (χ0) is 19.7. The van der Waals surface area contributed by atoms with Gasteiger partial charge in [0.25, 0.3) is 0 Å². The van der Waals surface area contributed by atoms with Crippen LogP contribution in [0.2, 0.25) is 0 Å². The van der Waals surface area contributed by atoms with Crippen LogP contribution in [0.5, 0.6) is 0 Å². The third kappa shape index (κ3) is 3.12. The maximum absolute atomic E-state index is 12.6. The van der Waals surface area contributed by atoms with Crippen molar-refractivity contribution in [2.24, 2.45) is 0 Å². The molecule has 2 aromatic carbocycles. The predicted octanol–water partition coefficient (Wildman–Crippen LogP) is 3.87. The van der Waals surface area contributed by atoms with Crippen molar-refractivity contribution in [3.8, 4) is 0 Å². The van der Waals surface area contributed by atoms with E-state index in [1.807, 2.05) is 6.07 Å². The number of carbonyl (C=O) groups is 1. The second-order valence-corrected chi connectivity index (χ2v) is 8.03. The van der Waals surface area contributed by atoms with Crippen molar-refractivity contribution in [2.45, 2.75) is 38.1 Å². The van der Waals surface area contributed by atoms with Gasteiger partial charge in [-0.1, -0.05) is 54.4 Å². The summed E-state index contributed by atoms with van der Waals surface area (Å²) < 4.78 is 2.08. The van der Waals surface area contributed by atoms with Gasteiger partial charge in [0.15, 0.2) is 0 Å². The van der Waals surface area contributed by atoms with Gasteiger partial charge in [-0.25, -0.2) is 0 Å². The second-order valence-electron chi connectivity index (χ2n) is 8.03. The summed E-state index contributed by atoms with van der Waals surface area (Å²) in [5.41, 5.74) is 5.12. The fourth-order valence-electron chi connectivity index (χ4n) is 4.42. The van der Waals surface area contributed by atoms with Crippen molar-refractivity contribution in [1.29, 1.82) is 0 Å². The molecule has 1 saturated carbocycles. The highest BCUT2D eigenvalue weighted by Crippen LogP contribution is 2.51. The van der Waals surface area contributed by atoms with Crippen LogP contribution in [0, 0.1) is 6.92 Å². The molecule has 1 aliphatic carbocycles. The molecule has 0 unspecified atom stereocenters. The number of hydrogen-bond donors (Lipinski definition) is 1. The number of aryl methyl sites for hydroxylation is 1. The molecular weight excluding hydrogens is 348 g/mol. The minimum atomic E-state index is -0.0174. The number of aromatic nitrogens is 1. The molecule has 0 saturated heterocycles. The van der Waals surface area contributed by atoms with Crippen molar-refractivity contribution in [1.82, 2.24) is 9.47 Å². The third-order valence-electron chi connectivity index (χ3n) is 6.28. The fourth-order valence-corrected chi connectivity index (χ4v) is 4.42. The Morgan fingerprint density at radius 2 is 1.86 bits per heavy atom. The lowest BCUT2D eigenvalue weighted by molar-refractivity contribution is -0.130. The van der Waals surface area contributed by atoms with Gasteiger partial charge in [-0.3, -0.25) is 4.79 Å². The Balaban J connectivity index is 1.77. The minimum absolute atomic E-state index is 0.0133. The Labute approximate surface area is 166 Å². The smallest absolute Gasteiger partial charge is 0.242 e. The van der Waals surface area contributed by atoms with Gasteiger partial charge in [-0.05, 0) is 37.0 Å². The molecule has 4 heteroatoms. The van der Waals surface area contributed by atoms with E-state index in [1.54, 1.807) is 11.9 Å². The van der Waals surface area contributed by atoms with E-state index in [0.29, 0.717) is 13.1 Å². The SMILES string of the molecule is Cc1ccc(C2(c3cn(CC(=O)N(C)CCO)c4ccccc34)CCC2)cc1. The molecule has 146 valence electrons. The van der Waals surface area contributed by atoms with E-state index in [2.05, 4.69) is 60.2 Å². The zero-order valence-electron chi connectivity index (χ0n) is 16.7. The van der Waals surface area contributed by atoms with E-state index in [0.717, 1.165) is 18.4 Å². The first-order valence-electron chi connectivity index (χ1n) is 10.1. The molecule has 28 heavy (non-hydrogen) atoms. The average Bonchev–Trinajstić information content (AvgIpc) is 3.01. The summed E-state index contributed by atoms with van der Waals surface area (Å²) >= 11 is 0. The van der Waals surface area contributed by atoms with Crippen LogP contribution >= 0.6 is 0 Å². The highest BCUT2D eigenvalue weighted by atomic mass is 16.3. The quantitative estimate of drug-likeness (QED) is 0.710. The number of nitrogens with zero attached hydrogens (tertiary/aromatic N) is 2. The molecule has 4 nitrogen and oxygen atoms in total. The lowest BCUT2D eigenvalue weighted by atomic mass is 9.60. The summed E-state index contributed by atoms with van der Waals surface area (Å²) in [6.07, 6.45) is 5.70. The Hall–Kier alpha value is -2.59. The van der Waals surface area contributed by atoms with E-state index in [1.165, 1.54) is 28.5 Å². The Kier molecular flexibility index (Phi) is 4.98. The number of para-hydroxylation sites is 1. The zero-order valence-corrected chi connectivity index (χ0v) is 16.7. The number of aliphatic hydroxyl groups is 1. The van der Waals surface area contributed by atoms with Crippen LogP contribution in [0.4, 0.5) is 0 Å². The number of aliphatic hydroxyl groups excluding tert-OH is 1. The van der Waals surface area contributed by atoms with Crippen molar-refractivity contribution in [2.75, 3.05) is 20.2 Å². The first kappa shape index (κ1) is 18.8. The van der Waals surface area contributed by atoms with Gasteiger partial charge in [0.05, 0.1) is 6.61 Å². The lowest BCUT2D eigenvalue weighted by Gasteiger charge is -2.43. The largest absolute Gasteiger partial charge is 0.395 e. The van der Waals surface area contributed by atoms with Gasteiger partial charge in [0.1, 0.15) is 6.54 Å². The van der Waals surface area contributed by atoms with Crippen LogP contribution in [-0.4, -0.2) is 40.7 Å². The molecule has 1 aliphatic rings. The van der Waals surface area contributed by atoms with Crippen LogP contribution in [0.1, 0.15) is 36.0 Å². The highest BCUT2D eigenvalue weighted by Gasteiger charge is 2.42. The topological polar surface area (TPSA) is 45.5 Å². The first-order valence-corrected chi connectivity index (χ1v) is 10.1. The van der Waals surface area contributed by atoms with Gasteiger partial charge in [0.2, 0.25) is 5.91 Å². The Bertz CT molecular complexity index is 984. The monoisotopic (exact) mass is 376 g/mol. The van der Waals surface area contributed by atoms with E-state index < -0.39 is 0 Å². The predicted molar refractivity (Wildman–Crippen MR) is 112 cm³/mol. The summed E-state index contributed by atoms with van der Waals surface area (Å²) in [4.78, 5) is 14.2. The molecule has 1 amide bonds. The van der Waals surface area contributed by atoms with Gasteiger partial charge in [-0.15, -0.1) is 0 Å². The van der Waals surface area contributed by atoms with Crippen molar-refractivity contribution >= 4 is 16.8 Å². The van der Waals surface area contributed by atoms with Crippen molar-refractivity contribution in [3.63, 3.8) is 0 Å². The Morgan fingerprint density at radius 1 is 1.14 bits per heavy atom. The number of fused-ring (bicyclic) bond motifs is 1.